The van der Waals surface area contributed by atoms with Crippen LogP contribution in [0.3, 0.4) is 0 Å². The summed E-state index contributed by atoms with van der Waals surface area (Å²) in [5.41, 5.74) is 0. The van der Waals surface area contributed by atoms with Gasteiger partial charge in [-0.25, -0.2) is 9.97 Å². The van der Waals surface area contributed by atoms with Crippen LogP contribution in [0.4, 0.5) is 0 Å². The molecule has 1 unspecified atom stereocenters. The van der Waals surface area contributed by atoms with E-state index in [0.29, 0.717) is 0 Å². The van der Waals surface area contributed by atoms with Gasteiger partial charge in [-0.15, -0.1) is 5.10 Å². The first-order valence-corrected chi connectivity index (χ1v) is 6.46. The van der Waals surface area contributed by atoms with Gasteiger partial charge in [-0.2, -0.15) is 0 Å². The fourth-order valence-corrected chi connectivity index (χ4v) is 1.80. The van der Waals surface area contributed by atoms with Crippen molar-refractivity contribution in [1.82, 2.24) is 30.5 Å². The van der Waals surface area contributed by atoms with Crippen molar-refractivity contribution in [1.29, 1.82) is 0 Å². The molecule has 0 radical (unpaired) electrons. The molecule has 7 nitrogen and oxygen atoms in total. The average Bonchev–Trinajstić information content (AvgIpc) is 3.07. The van der Waals surface area contributed by atoms with Gasteiger partial charge in [-0.3, -0.25) is 9.89 Å². The van der Waals surface area contributed by atoms with Crippen molar-refractivity contribution in [2.24, 2.45) is 0 Å². The van der Waals surface area contributed by atoms with Gasteiger partial charge in [0.15, 0.2) is 0 Å². The number of amides is 1. The summed E-state index contributed by atoms with van der Waals surface area (Å²) in [5.74, 6) is 1.36. The molecule has 0 spiro atoms. The number of rotatable bonds is 6. The number of hydrogen-bond donors (Lipinski definition) is 3. The van der Waals surface area contributed by atoms with E-state index < -0.39 is 0 Å². The summed E-state index contributed by atoms with van der Waals surface area (Å²) < 4.78 is 0. The zero-order valence-corrected chi connectivity index (χ0v) is 11.1. The predicted octanol–water partition coefficient (Wildman–Crippen LogP) is 1.36. The number of hydrogen-bond acceptors (Lipinski definition) is 4. The van der Waals surface area contributed by atoms with Crippen LogP contribution in [0.25, 0.3) is 0 Å². The number of imidazole rings is 1. The van der Waals surface area contributed by atoms with Crippen LogP contribution in [0, 0.1) is 0 Å². The molecule has 2 rings (SSSR count). The molecule has 0 aliphatic rings. The largest absolute Gasteiger partial charge is 0.347 e. The molecule has 3 N–H and O–H groups in total. The van der Waals surface area contributed by atoms with Crippen molar-refractivity contribution in [2.45, 2.75) is 39.2 Å². The van der Waals surface area contributed by atoms with Crippen molar-refractivity contribution < 1.29 is 4.79 Å². The van der Waals surface area contributed by atoms with Crippen LogP contribution in [0.5, 0.6) is 0 Å². The first kappa shape index (κ1) is 13.3. The first-order chi connectivity index (χ1) is 9.24. The maximum absolute atomic E-state index is 12.0. The number of carbonyl (C=O) groups is 1. The third-order valence-corrected chi connectivity index (χ3v) is 2.78. The summed E-state index contributed by atoms with van der Waals surface area (Å²) in [6.45, 7) is 4.03. The minimum absolute atomic E-state index is 0.157. The fourth-order valence-electron chi connectivity index (χ4n) is 1.80. The summed E-state index contributed by atoms with van der Waals surface area (Å²) >= 11 is 0. The van der Waals surface area contributed by atoms with E-state index in [1.165, 1.54) is 0 Å². The van der Waals surface area contributed by atoms with Crippen LogP contribution in [0.15, 0.2) is 12.4 Å². The Morgan fingerprint density at radius 3 is 2.95 bits per heavy atom. The van der Waals surface area contributed by atoms with Gasteiger partial charge in [-0.1, -0.05) is 13.8 Å². The lowest BCUT2D eigenvalue weighted by atomic mass is 10.2. The smallest absolute Gasteiger partial charge is 0.291 e. The normalized spacial score (nSPS) is 12.3. The lowest BCUT2D eigenvalue weighted by Crippen LogP contribution is -2.29. The number of nitrogens with one attached hydrogen (secondary N) is 3. The Kier molecular flexibility index (Phi) is 4.27. The van der Waals surface area contributed by atoms with E-state index in [4.69, 9.17) is 0 Å². The molecule has 7 heteroatoms. The molecule has 1 amide bonds. The van der Waals surface area contributed by atoms with Crippen molar-refractivity contribution in [2.75, 3.05) is 0 Å². The van der Waals surface area contributed by atoms with Gasteiger partial charge in [0, 0.05) is 18.8 Å². The monoisotopic (exact) mass is 262 g/mol. The number of aromatic amines is 2. The van der Waals surface area contributed by atoms with E-state index in [9.17, 15) is 4.79 Å². The van der Waals surface area contributed by atoms with E-state index in [2.05, 4.69) is 30.5 Å². The van der Waals surface area contributed by atoms with Crippen molar-refractivity contribution in [3.8, 4) is 0 Å². The Morgan fingerprint density at radius 2 is 2.32 bits per heavy atom. The molecule has 2 aromatic heterocycles. The zero-order valence-electron chi connectivity index (χ0n) is 11.1. The van der Waals surface area contributed by atoms with E-state index >= 15 is 0 Å². The summed E-state index contributed by atoms with van der Waals surface area (Å²) in [5, 5.41) is 9.56. The molecule has 1 atom stereocenters. The summed E-state index contributed by atoms with van der Waals surface area (Å²) in [7, 11) is 0. The SMILES string of the molecule is CCCc1nc(C(=O)NC(CC)c2ncc[nH]2)n[nH]1. The summed E-state index contributed by atoms with van der Waals surface area (Å²) in [4.78, 5) is 23.3. The molecule has 0 saturated heterocycles. The molecule has 102 valence electrons. The van der Waals surface area contributed by atoms with Gasteiger partial charge in [-0.05, 0) is 12.8 Å². The molecular formula is C12H18N6O. The lowest BCUT2D eigenvalue weighted by molar-refractivity contribution is 0.0923. The molecule has 0 aliphatic heterocycles. The zero-order chi connectivity index (χ0) is 13.7. The highest BCUT2D eigenvalue weighted by Crippen LogP contribution is 2.11. The number of carbonyl (C=O) groups excluding carboxylic acids is 1. The van der Waals surface area contributed by atoms with Gasteiger partial charge >= 0.3 is 0 Å². The van der Waals surface area contributed by atoms with Gasteiger partial charge in [0.25, 0.3) is 5.91 Å². The van der Waals surface area contributed by atoms with Crippen molar-refractivity contribution in [3.63, 3.8) is 0 Å². The second kappa shape index (κ2) is 6.12. The third kappa shape index (κ3) is 3.18. The van der Waals surface area contributed by atoms with Crippen LogP contribution in [-0.2, 0) is 6.42 Å². The van der Waals surface area contributed by atoms with E-state index in [1.807, 2.05) is 13.8 Å². The minimum atomic E-state index is -0.290. The Balaban J connectivity index is 2.02. The number of aryl methyl sites for hydroxylation is 1. The highest BCUT2D eigenvalue weighted by molar-refractivity contribution is 5.90. The Hall–Kier alpha value is -2.18. The Bertz CT molecular complexity index is 518. The molecule has 0 bridgehead atoms. The average molecular weight is 262 g/mol. The van der Waals surface area contributed by atoms with Gasteiger partial charge in [0.05, 0.1) is 6.04 Å². The third-order valence-electron chi connectivity index (χ3n) is 2.78. The number of H-pyrrole nitrogens is 2. The highest BCUT2D eigenvalue weighted by Gasteiger charge is 2.18. The van der Waals surface area contributed by atoms with Crippen LogP contribution >= 0.6 is 0 Å². The summed E-state index contributed by atoms with van der Waals surface area (Å²) in [6.07, 6.45) is 5.88. The molecule has 0 fully saturated rings. The molecule has 19 heavy (non-hydrogen) atoms. The van der Waals surface area contributed by atoms with Crippen LogP contribution in [-0.4, -0.2) is 31.1 Å². The summed E-state index contributed by atoms with van der Waals surface area (Å²) in [6, 6.07) is -0.157. The van der Waals surface area contributed by atoms with Gasteiger partial charge in [0.1, 0.15) is 11.6 Å². The Morgan fingerprint density at radius 1 is 1.47 bits per heavy atom. The van der Waals surface area contributed by atoms with E-state index in [0.717, 1.165) is 30.9 Å². The Labute approximate surface area is 111 Å². The van der Waals surface area contributed by atoms with Crippen molar-refractivity contribution in [3.05, 3.63) is 29.9 Å². The molecule has 0 aromatic carbocycles. The number of aromatic nitrogens is 5. The van der Waals surface area contributed by atoms with Crippen LogP contribution in [0.2, 0.25) is 0 Å². The second-order valence-corrected chi connectivity index (χ2v) is 4.26. The second-order valence-electron chi connectivity index (χ2n) is 4.26. The van der Waals surface area contributed by atoms with E-state index in [-0.39, 0.29) is 17.8 Å². The van der Waals surface area contributed by atoms with Crippen molar-refractivity contribution >= 4 is 5.91 Å². The van der Waals surface area contributed by atoms with Crippen LogP contribution < -0.4 is 5.32 Å². The lowest BCUT2D eigenvalue weighted by Gasteiger charge is -2.12. The topological polar surface area (TPSA) is 99.3 Å². The number of nitrogens with zero attached hydrogens (tertiary/aromatic N) is 3. The molecule has 0 saturated carbocycles. The fraction of sp³-hybridized carbons (Fsp3) is 0.500. The highest BCUT2D eigenvalue weighted by atomic mass is 16.2. The maximum atomic E-state index is 12.0. The van der Waals surface area contributed by atoms with Gasteiger partial charge < -0.3 is 10.3 Å². The molecular weight excluding hydrogens is 244 g/mol. The molecule has 2 heterocycles. The predicted molar refractivity (Wildman–Crippen MR) is 69.5 cm³/mol. The minimum Gasteiger partial charge on any atom is -0.347 e. The van der Waals surface area contributed by atoms with Crippen LogP contribution in [0.1, 0.15) is 55.0 Å². The molecule has 0 aliphatic carbocycles. The maximum Gasteiger partial charge on any atom is 0.291 e. The van der Waals surface area contributed by atoms with Gasteiger partial charge in [0.2, 0.25) is 5.82 Å². The van der Waals surface area contributed by atoms with E-state index in [1.54, 1.807) is 12.4 Å². The molecule has 2 aromatic rings. The quantitative estimate of drug-likeness (QED) is 0.731. The standard InChI is InChI=1S/C12H18N6O/c1-3-5-9-16-11(18-17-9)12(19)15-8(4-2)10-13-6-7-14-10/h6-8H,3-5H2,1-2H3,(H,13,14)(H,15,19)(H,16,17,18). The first-order valence-electron chi connectivity index (χ1n) is 6.46.